The molecule has 1 amide bonds. The Bertz CT molecular complexity index is 1160. The van der Waals surface area contributed by atoms with Gasteiger partial charge in [-0.2, -0.15) is 0 Å². The van der Waals surface area contributed by atoms with Crippen molar-refractivity contribution in [1.82, 2.24) is 14.8 Å². The Labute approximate surface area is 191 Å². The van der Waals surface area contributed by atoms with Crippen molar-refractivity contribution in [2.24, 2.45) is 13.0 Å². The van der Waals surface area contributed by atoms with E-state index in [2.05, 4.69) is 29.2 Å². The van der Waals surface area contributed by atoms with E-state index in [1.165, 1.54) is 18.4 Å². The zero-order valence-electron chi connectivity index (χ0n) is 19.7. The van der Waals surface area contributed by atoms with Crippen LogP contribution in [-0.4, -0.2) is 40.9 Å². The van der Waals surface area contributed by atoms with Crippen molar-refractivity contribution in [2.75, 3.05) is 19.5 Å². The molecule has 9 heteroatoms. The number of nitrogens with one attached hydrogen (secondary N) is 1. The standard InChI is InChI=1S/C23H30N4O4S/c1-12(2)10-15-11-32-22(19(15)23(29)31-7)25-17(28)9-8-16-13(3)18-20(24-14(16)4)27(5)26-21(18)30-6/h11-12H,8-10H2,1-7H3,(H,25,28). The van der Waals surface area contributed by atoms with E-state index in [1.807, 2.05) is 26.3 Å². The van der Waals surface area contributed by atoms with Gasteiger partial charge < -0.3 is 14.8 Å². The van der Waals surface area contributed by atoms with Crippen molar-refractivity contribution in [2.45, 2.75) is 47.0 Å². The summed E-state index contributed by atoms with van der Waals surface area (Å²) >= 11 is 1.36. The molecular formula is C23H30N4O4S. The fourth-order valence-corrected chi connectivity index (χ4v) is 4.92. The molecule has 0 spiro atoms. The Kier molecular flexibility index (Phi) is 7.18. The van der Waals surface area contributed by atoms with E-state index in [0.29, 0.717) is 28.8 Å². The predicted octanol–water partition coefficient (Wildman–Crippen LogP) is 4.21. The van der Waals surface area contributed by atoms with Crippen LogP contribution in [0.15, 0.2) is 5.38 Å². The summed E-state index contributed by atoms with van der Waals surface area (Å²) in [5.41, 5.74) is 4.98. The van der Waals surface area contributed by atoms with E-state index in [-0.39, 0.29) is 12.3 Å². The maximum atomic E-state index is 12.8. The number of nitrogens with zero attached hydrogens (tertiary/aromatic N) is 3. The number of anilines is 1. The van der Waals surface area contributed by atoms with Gasteiger partial charge in [-0.3, -0.25) is 4.79 Å². The molecule has 8 nitrogen and oxygen atoms in total. The number of hydrogen-bond donors (Lipinski definition) is 1. The van der Waals surface area contributed by atoms with Crippen LogP contribution >= 0.6 is 11.3 Å². The van der Waals surface area contributed by atoms with Gasteiger partial charge in [0.15, 0.2) is 5.65 Å². The maximum absolute atomic E-state index is 12.8. The first-order valence-corrected chi connectivity index (χ1v) is 11.4. The van der Waals surface area contributed by atoms with Crippen LogP contribution in [0.3, 0.4) is 0 Å². The van der Waals surface area contributed by atoms with Crippen LogP contribution in [0, 0.1) is 19.8 Å². The summed E-state index contributed by atoms with van der Waals surface area (Å²) in [4.78, 5) is 29.8. The highest BCUT2D eigenvalue weighted by Gasteiger charge is 2.23. The van der Waals surface area contributed by atoms with E-state index in [9.17, 15) is 9.59 Å². The number of methoxy groups -OCH3 is 2. The van der Waals surface area contributed by atoms with Gasteiger partial charge in [-0.05, 0) is 54.7 Å². The third-order valence-electron chi connectivity index (χ3n) is 5.46. The van der Waals surface area contributed by atoms with E-state index < -0.39 is 5.97 Å². The van der Waals surface area contributed by atoms with Crippen LogP contribution in [0.1, 0.15) is 53.0 Å². The van der Waals surface area contributed by atoms with Crippen LogP contribution in [0.4, 0.5) is 5.00 Å². The summed E-state index contributed by atoms with van der Waals surface area (Å²) in [5.74, 6) is 0.318. The molecule has 0 atom stereocenters. The summed E-state index contributed by atoms with van der Waals surface area (Å²) in [6.45, 7) is 8.11. The molecule has 3 aromatic heterocycles. The van der Waals surface area contributed by atoms with Gasteiger partial charge in [0, 0.05) is 19.2 Å². The maximum Gasteiger partial charge on any atom is 0.341 e. The lowest BCUT2D eigenvalue weighted by Gasteiger charge is -2.12. The summed E-state index contributed by atoms with van der Waals surface area (Å²) in [5, 5.41) is 10.6. The number of amides is 1. The van der Waals surface area contributed by atoms with Gasteiger partial charge in [-0.1, -0.05) is 13.8 Å². The topological polar surface area (TPSA) is 95.3 Å². The molecule has 0 aliphatic rings. The van der Waals surface area contributed by atoms with Gasteiger partial charge in [0.25, 0.3) is 0 Å². The smallest absolute Gasteiger partial charge is 0.341 e. The van der Waals surface area contributed by atoms with Crippen molar-refractivity contribution < 1.29 is 19.1 Å². The van der Waals surface area contributed by atoms with Crippen LogP contribution in [0.2, 0.25) is 0 Å². The molecule has 3 rings (SSSR count). The molecule has 3 heterocycles. The second kappa shape index (κ2) is 9.68. The fraction of sp³-hybridized carbons (Fsp3) is 0.478. The lowest BCUT2D eigenvalue weighted by Crippen LogP contribution is -2.16. The molecule has 0 bridgehead atoms. The molecule has 0 radical (unpaired) electrons. The SMILES string of the molecule is COC(=O)c1c(CC(C)C)csc1NC(=O)CCc1c(C)nc2c(c(OC)nn2C)c1C. The van der Waals surface area contributed by atoms with Crippen molar-refractivity contribution in [1.29, 1.82) is 0 Å². The third-order valence-corrected chi connectivity index (χ3v) is 6.40. The number of rotatable bonds is 8. The fourth-order valence-electron chi connectivity index (χ4n) is 3.94. The van der Waals surface area contributed by atoms with Gasteiger partial charge in [0.05, 0.1) is 25.2 Å². The monoisotopic (exact) mass is 458 g/mol. The molecule has 0 aliphatic heterocycles. The van der Waals surface area contributed by atoms with Crippen molar-refractivity contribution >= 4 is 39.2 Å². The van der Waals surface area contributed by atoms with Gasteiger partial charge in [-0.25, -0.2) is 14.5 Å². The lowest BCUT2D eigenvalue weighted by molar-refractivity contribution is -0.116. The summed E-state index contributed by atoms with van der Waals surface area (Å²) in [6, 6.07) is 0. The van der Waals surface area contributed by atoms with Gasteiger partial charge in [-0.15, -0.1) is 16.4 Å². The van der Waals surface area contributed by atoms with Crippen molar-refractivity contribution in [3.05, 3.63) is 33.3 Å². The predicted molar refractivity (Wildman–Crippen MR) is 126 cm³/mol. The number of thiophene rings is 1. The molecule has 32 heavy (non-hydrogen) atoms. The molecular weight excluding hydrogens is 428 g/mol. The van der Waals surface area contributed by atoms with E-state index >= 15 is 0 Å². The van der Waals surface area contributed by atoms with Crippen LogP contribution < -0.4 is 10.1 Å². The molecule has 0 aliphatic carbocycles. The summed E-state index contributed by atoms with van der Waals surface area (Å²) in [6.07, 6.45) is 1.52. The van der Waals surface area contributed by atoms with Gasteiger partial charge >= 0.3 is 5.97 Å². The highest BCUT2D eigenvalue weighted by molar-refractivity contribution is 7.15. The molecule has 0 saturated carbocycles. The number of aromatic nitrogens is 3. The van der Waals surface area contributed by atoms with Crippen molar-refractivity contribution in [3.63, 3.8) is 0 Å². The first-order valence-electron chi connectivity index (χ1n) is 10.5. The van der Waals surface area contributed by atoms with E-state index in [0.717, 1.165) is 39.8 Å². The van der Waals surface area contributed by atoms with Crippen LogP contribution in [0.5, 0.6) is 5.88 Å². The first kappa shape index (κ1) is 23.7. The second-order valence-corrected chi connectivity index (χ2v) is 9.11. The largest absolute Gasteiger partial charge is 0.479 e. The Hall–Kier alpha value is -2.94. The zero-order chi connectivity index (χ0) is 23.6. The Morgan fingerprint density at radius 2 is 1.97 bits per heavy atom. The lowest BCUT2D eigenvalue weighted by atomic mass is 10.00. The molecule has 1 N–H and O–H groups in total. The number of esters is 1. The zero-order valence-corrected chi connectivity index (χ0v) is 20.5. The number of fused-ring (bicyclic) bond motifs is 1. The molecule has 0 saturated heterocycles. The molecule has 0 fully saturated rings. The third kappa shape index (κ3) is 4.62. The number of carbonyl (C=O) groups excluding carboxylic acids is 2. The number of pyridine rings is 1. The Morgan fingerprint density at radius 3 is 2.59 bits per heavy atom. The molecule has 0 aromatic carbocycles. The van der Waals surface area contributed by atoms with Crippen LogP contribution in [-0.2, 0) is 29.4 Å². The average Bonchev–Trinajstić information content (AvgIpc) is 3.27. The minimum atomic E-state index is -0.429. The number of carbonyl (C=O) groups is 2. The normalized spacial score (nSPS) is 11.2. The summed E-state index contributed by atoms with van der Waals surface area (Å²) in [7, 11) is 4.77. The number of hydrogen-bond acceptors (Lipinski definition) is 7. The molecule has 3 aromatic rings. The van der Waals surface area contributed by atoms with E-state index in [1.54, 1.807) is 11.8 Å². The van der Waals surface area contributed by atoms with Gasteiger partial charge in [0.2, 0.25) is 11.8 Å². The summed E-state index contributed by atoms with van der Waals surface area (Å²) < 4.78 is 12.1. The van der Waals surface area contributed by atoms with Crippen LogP contribution in [0.25, 0.3) is 11.0 Å². The molecule has 0 unspecified atom stereocenters. The van der Waals surface area contributed by atoms with E-state index in [4.69, 9.17) is 9.47 Å². The van der Waals surface area contributed by atoms with Crippen molar-refractivity contribution in [3.8, 4) is 5.88 Å². The minimum absolute atomic E-state index is 0.162. The quantitative estimate of drug-likeness (QED) is 0.508. The second-order valence-electron chi connectivity index (χ2n) is 8.24. The first-order chi connectivity index (χ1) is 15.2. The van der Waals surface area contributed by atoms with Gasteiger partial charge in [0.1, 0.15) is 5.00 Å². The average molecular weight is 459 g/mol. The minimum Gasteiger partial charge on any atom is -0.479 e. The Morgan fingerprint density at radius 1 is 1.25 bits per heavy atom. The number of aryl methyl sites for hydroxylation is 3. The number of ether oxygens (including phenoxy) is 2. The molecule has 172 valence electrons. The Balaban J connectivity index is 1.81. The highest BCUT2D eigenvalue weighted by Crippen LogP contribution is 2.32. The highest BCUT2D eigenvalue weighted by atomic mass is 32.1.